The number of hydrogen-bond acceptors (Lipinski definition) is 2. The SMILES string of the molecule is CC[S+](C(C)C)C(CCCC(=O)OC)c1ccccc1. The van der Waals surface area contributed by atoms with E-state index in [4.69, 9.17) is 4.74 Å². The Bertz CT molecular complexity index is 389. The lowest BCUT2D eigenvalue weighted by Crippen LogP contribution is -2.25. The van der Waals surface area contributed by atoms with E-state index in [2.05, 4.69) is 51.1 Å². The van der Waals surface area contributed by atoms with Gasteiger partial charge in [-0.25, -0.2) is 0 Å². The quantitative estimate of drug-likeness (QED) is 0.533. The highest BCUT2D eigenvalue weighted by Gasteiger charge is 2.32. The molecule has 1 aromatic carbocycles. The van der Waals surface area contributed by atoms with Crippen molar-refractivity contribution in [3.8, 4) is 0 Å². The Hall–Kier alpha value is -0.960. The summed E-state index contributed by atoms with van der Waals surface area (Å²) in [6.45, 7) is 6.89. The molecule has 0 amide bonds. The van der Waals surface area contributed by atoms with E-state index in [0.717, 1.165) is 12.8 Å². The Kier molecular flexibility index (Phi) is 7.75. The van der Waals surface area contributed by atoms with E-state index in [1.807, 2.05) is 0 Å². The molecule has 0 aliphatic heterocycles. The van der Waals surface area contributed by atoms with Gasteiger partial charge < -0.3 is 4.74 Å². The van der Waals surface area contributed by atoms with E-state index in [1.54, 1.807) is 0 Å². The molecule has 3 heteroatoms. The number of carbonyl (C=O) groups is 1. The van der Waals surface area contributed by atoms with Crippen molar-refractivity contribution in [1.82, 2.24) is 0 Å². The summed E-state index contributed by atoms with van der Waals surface area (Å²) < 4.78 is 4.74. The second kappa shape index (κ2) is 9.06. The zero-order valence-electron chi connectivity index (χ0n) is 13.1. The fourth-order valence-corrected chi connectivity index (χ4v) is 5.26. The van der Waals surface area contributed by atoms with E-state index in [1.165, 1.54) is 18.4 Å². The van der Waals surface area contributed by atoms with Crippen LogP contribution in [0.1, 0.15) is 50.8 Å². The lowest BCUT2D eigenvalue weighted by Gasteiger charge is -2.21. The van der Waals surface area contributed by atoms with Crippen LogP contribution in [-0.2, 0) is 20.4 Å². The van der Waals surface area contributed by atoms with Gasteiger partial charge in [-0.15, -0.1) is 0 Å². The predicted octanol–water partition coefficient (Wildman–Crippen LogP) is 4.12. The molecule has 0 aromatic heterocycles. The molecule has 0 saturated carbocycles. The van der Waals surface area contributed by atoms with Gasteiger partial charge in [0.1, 0.15) is 16.3 Å². The maximum Gasteiger partial charge on any atom is 0.305 e. The molecular formula is C17H27O2S+. The minimum absolute atomic E-state index is 0.0993. The first-order valence-electron chi connectivity index (χ1n) is 7.40. The van der Waals surface area contributed by atoms with E-state index in [0.29, 0.717) is 27.8 Å². The summed E-state index contributed by atoms with van der Waals surface area (Å²) in [5.74, 6) is 1.10. The monoisotopic (exact) mass is 295 g/mol. The molecule has 2 unspecified atom stereocenters. The third-order valence-electron chi connectivity index (χ3n) is 3.55. The van der Waals surface area contributed by atoms with Crippen molar-refractivity contribution in [3.05, 3.63) is 35.9 Å². The Labute approximate surface area is 126 Å². The first-order chi connectivity index (χ1) is 9.60. The summed E-state index contributed by atoms with van der Waals surface area (Å²) in [7, 11) is 1.82. The molecule has 0 fully saturated rings. The molecule has 112 valence electrons. The van der Waals surface area contributed by atoms with Crippen LogP contribution in [0.4, 0.5) is 0 Å². The van der Waals surface area contributed by atoms with Crippen LogP contribution in [0.5, 0.6) is 0 Å². The van der Waals surface area contributed by atoms with Gasteiger partial charge in [0.05, 0.1) is 7.11 Å². The molecule has 0 aliphatic carbocycles. The maximum atomic E-state index is 11.3. The lowest BCUT2D eigenvalue weighted by atomic mass is 10.1. The Morgan fingerprint density at radius 3 is 2.40 bits per heavy atom. The van der Waals surface area contributed by atoms with Crippen LogP contribution in [-0.4, -0.2) is 24.1 Å². The standard InChI is InChI=1S/C17H27O2S/c1-5-20(14(2)3)16(12-9-13-17(18)19-4)15-10-7-6-8-11-15/h6-8,10-11,14,16H,5,9,12-13H2,1-4H3/q+1. The van der Waals surface area contributed by atoms with Crippen LogP contribution < -0.4 is 0 Å². The third-order valence-corrected chi connectivity index (χ3v) is 6.67. The van der Waals surface area contributed by atoms with Crippen LogP contribution in [0.3, 0.4) is 0 Å². The van der Waals surface area contributed by atoms with E-state index in [9.17, 15) is 4.79 Å². The molecule has 2 atom stereocenters. The van der Waals surface area contributed by atoms with Crippen LogP contribution >= 0.6 is 0 Å². The number of benzene rings is 1. The molecule has 0 N–H and O–H groups in total. The summed E-state index contributed by atoms with van der Waals surface area (Å²) >= 11 is 0. The molecule has 20 heavy (non-hydrogen) atoms. The van der Waals surface area contributed by atoms with Crippen molar-refractivity contribution < 1.29 is 9.53 Å². The van der Waals surface area contributed by atoms with Gasteiger partial charge in [0, 0.05) is 12.0 Å². The van der Waals surface area contributed by atoms with Gasteiger partial charge in [-0.1, -0.05) is 30.3 Å². The number of ether oxygens (including phenoxy) is 1. The molecule has 1 aromatic rings. The predicted molar refractivity (Wildman–Crippen MR) is 88.1 cm³/mol. The van der Waals surface area contributed by atoms with Crippen LogP contribution in [0.15, 0.2) is 30.3 Å². The number of esters is 1. The lowest BCUT2D eigenvalue weighted by molar-refractivity contribution is -0.140. The van der Waals surface area contributed by atoms with Gasteiger partial charge in [-0.3, -0.25) is 4.79 Å². The van der Waals surface area contributed by atoms with Gasteiger partial charge in [-0.2, -0.15) is 0 Å². The van der Waals surface area contributed by atoms with Crippen molar-refractivity contribution in [2.24, 2.45) is 0 Å². The molecule has 0 aliphatic rings. The molecular weight excluding hydrogens is 268 g/mol. The van der Waals surface area contributed by atoms with E-state index in [-0.39, 0.29) is 5.97 Å². The largest absolute Gasteiger partial charge is 0.469 e. The molecule has 0 spiro atoms. The summed E-state index contributed by atoms with van der Waals surface area (Å²) in [6, 6.07) is 10.7. The minimum atomic E-state index is -0.0993. The Morgan fingerprint density at radius 1 is 1.25 bits per heavy atom. The molecule has 0 radical (unpaired) electrons. The fraction of sp³-hybridized carbons (Fsp3) is 0.588. The van der Waals surface area contributed by atoms with Gasteiger partial charge in [0.15, 0.2) is 0 Å². The van der Waals surface area contributed by atoms with E-state index >= 15 is 0 Å². The molecule has 2 nitrogen and oxygen atoms in total. The first kappa shape index (κ1) is 17.1. The average molecular weight is 295 g/mol. The second-order valence-corrected chi connectivity index (χ2v) is 8.20. The molecule has 1 rings (SSSR count). The minimum Gasteiger partial charge on any atom is -0.469 e. The normalized spacial score (nSPS) is 14.1. The van der Waals surface area contributed by atoms with Crippen molar-refractivity contribution in [1.29, 1.82) is 0 Å². The Balaban J connectivity index is 2.77. The van der Waals surface area contributed by atoms with Crippen LogP contribution in [0.25, 0.3) is 0 Å². The molecule has 0 heterocycles. The third kappa shape index (κ3) is 5.20. The highest BCUT2D eigenvalue weighted by atomic mass is 32.2. The van der Waals surface area contributed by atoms with Crippen LogP contribution in [0, 0.1) is 0 Å². The number of hydrogen-bond donors (Lipinski definition) is 0. The van der Waals surface area contributed by atoms with Crippen LogP contribution in [0.2, 0.25) is 0 Å². The number of rotatable bonds is 8. The zero-order chi connectivity index (χ0) is 15.0. The highest BCUT2D eigenvalue weighted by molar-refractivity contribution is 7.97. The summed E-state index contributed by atoms with van der Waals surface area (Å²) in [5, 5.41) is 1.24. The zero-order valence-corrected chi connectivity index (χ0v) is 13.9. The van der Waals surface area contributed by atoms with Gasteiger partial charge in [0.25, 0.3) is 0 Å². The average Bonchev–Trinajstić information content (AvgIpc) is 2.46. The molecule has 0 saturated heterocycles. The second-order valence-electron chi connectivity index (χ2n) is 5.17. The number of methoxy groups -OCH3 is 1. The van der Waals surface area contributed by atoms with Crippen molar-refractivity contribution in [3.63, 3.8) is 0 Å². The van der Waals surface area contributed by atoms with Gasteiger partial charge >= 0.3 is 5.97 Å². The first-order valence-corrected chi connectivity index (χ1v) is 8.92. The number of carbonyl (C=O) groups excluding carboxylic acids is 1. The summed E-state index contributed by atoms with van der Waals surface area (Å²) in [5.41, 5.74) is 1.41. The summed E-state index contributed by atoms with van der Waals surface area (Å²) in [4.78, 5) is 11.3. The topological polar surface area (TPSA) is 26.3 Å². The highest BCUT2D eigenvalue weighted by Crippen LogP contribution is 2.32. The smallest absolute Gasteiger partial charge is 0.305 e. The van der Waals surface area contributed by atoms with Gasteiger partial charge in [0.2, 0.25) is 0 Å². The van der Waals surface area contributed by atoms with Crippen molar-refractivity contribution >= 4 is 16.9 Å². The van der Waals surface area contributed by atoms with E-state index < -0.39 is 0 Å². The maximum absolute atomic E-state index is 11.3. The summed E-state index contributed by atoms with van der Waals surface area (Å²) in [6.07, 6.45) is 2.50. The Morgan fingerprint density at radius 2 is 1.90 bits per heavy atom. The van der Waals surface area contributed by atoms with Gasteiger partial charge in [-0.05, 0) is 44.5 Å². The molecule has 0 bridgehead atoms. The van der Waals surface area contributed by atoms with Crippen molar-refractivity contribution in [2.75, 3.05) is 12.9 Å². The fourth-order valence-electron chi connectivity index (χ4n) is 2.56. The van der Waals surface area contributed by atoms with Crippen molar-refractivity contribution in [2.45, 2.75) is 50.5 Å².